The Hall–Kier alpha value is -2.74. The van der Waals surface area contributed by atoms with E-state index in [4.69, 9.17) is 0 Å². The molecule has 0 saturated heterocycles. The fourth-order valence-corrected chi connectivity index (χ4v) is 4.62. The van der Waals surface area contributed by atoms with Crippen molar-refractivity contribution in [2.45, 2.75) is 30.9 Å². The fourth-order valence-electron chi connectivity index (χ4n) is 2.65. The van der Waals surface area contributed by atoms with Gasteiger partial charge in [-0.15, -0.1) is 0 Å². The number of amides is 2. The highest BCUT2D eigenvalue weighted by Gasteiger charge is 2.31. The van der Waals surface area contributed by atoms with Crippen LogP contribution in [0.5, 0.6) is 0 Å². The number of hydrogen-bond acceptors (Lipinski definition) is 5. The molecule has 0 fully saturated rings. The third kappa shape index (κ3) is 4.91. The number of aromatic nitrogens is 1. The van der Waals surface area contributed by atoms with E-state index in [-0.39, 0.29) is 11.4 Å². The van der Waals surface area contributed by atoms with Crippen LogP contribution in [0, 0.1) is 13.8 Å². The number of likely N-dealkylation sites (N-methyl/N-ethyl adjacent to an activating group) is 1. The number of nitrogens with zero attached hydrogens (tertiary/aromatic N) is 1. The highest BCUT2D eigenvalue weighted by molar-refractivity contribution is 7.91. The number of nitrogens with one attached hydrogen (secondary N) is 2. The van der Waals surface area contributed by atoms with Crippen molar-refractivity contribution in [3.8, 4) is 0 Å². The van der Waals surface area contributed by atoms with Crippen LogP contribution in [0.2, 0.25) is 0 Å². The molecule has 2 amide bonds. The summed E-state index contributed by atoms with van der Waals surface area (Å²) in [4.78, 5) is 27.7. The molecule has 0 spiro atoms. The molecule has 0 aliphatic rings. The van der Waals surface area contributed by atoms with Crippen LogP contribution in [0.4, 0.5) is 0 Å². The summed E-state index contributed by atoms with van der Waals surface area (Å²) < 4.78 is 26.7. The standard InChI is InChI=1S/C19H23N3O4S/c1-4-21-18(23)19(24)22-12-17(15-6-5-9-20-11-15)27(25,26)16-10-13(2)7-8-14(16)3/h5-11,17H,4,12H2,1-3H3,(H,21,23)(H,22,24)/t17-/m1/s1. The molecule has 2 N–H and O–H groups in total. The largest absolute Gasteiger partial charge is 0.348 e. The van der Waals surface area contributed by atoms with Gasteiger partial charge in [-0.3, -0.25) is 14.6 Å². The minimum absolute atomic E-state index is 0.198. The van der Waals surface area contributed by atoms with Gasteiger partial charge in [-0.05, 0) is 49.6 Å². The Kier molecular flexibility index (Phi) is 6.68. The lowest BCUT2D eigenvalue weighted by atomic mass is 10.2. The molecule has 8 heteroatoms. The van der Waals surface area contributed by atoms with Crippen molar-refractivity contribution in [1.82, 2.24) is 15.6 Å². The molecule has 1 heterocycles. The maximum atomic E-state index is 13.3. The van der Waals surface area contributed by atoms with Crippen LogP contribution in [0.1, 0.15) is 28.9 Å². The number of hydrogen-bond donors (Lipinski definition) is 2. The molecule has 1 aromatic carbocycles. The average molecular weight is 389 g/mol. The molecule has 0 bridgehead atoms. The Morgan fingerprint density at radius 2 is 1.81 bits per heavy atom. The summed E-state index contributed by atoms with van der Waals surface area (Å²) in [6.07, 6.45) is 2.99. The van der Waals surface area contributed by atoms with E-state index in [9.17, 15) is 18.0 Å². The average Bonchev–Trinajstić information content (AvgIpc) is 2.64. The van der Waals surface area contributed by atoms with E-state index < -0.39 is 26.9 Å². The molecule has 0 saturated carbocycles. The molecule has 1 aromatic heterocycles. The van der Waals surface area contributed by atoms with Crippen molar-refractivity contribution in [3.63, 3.8) is 0 Å². The van der Waals surface area contributed by atoms with E-state index in [0.717, 1.165) is 5.56 Å². The normalized spacial score (nSPS) is 12.3. The molecule has 0 unspecified atom stereocenters. The van der Waals surface area contributed by atoms with Gasteiger partial charge in [0.2, 0.25) is 0 Å². The van der Waals surface area contributed by atoms with Gasteiger partial charge in [0.15, 0.2) is 9.84 Å². The fraction of sp³-hybridized carbons (Fsp3) is 0.316. The zero-order valence-corrected chi connectivity index (χ0v) is 16.3. The maximum absolute atomic E-state index is 13.3. The quantitative estimate of drug-likeness (QED) is 0.728. The van der Waals surface area contributed by atoms with Gasteiger partial charge >= 0.3 is 11.8 Å². The Morgan fingerprint density at radius 3 is 2.44 bits per heavy atom. The summed E-state index contributed by atoms with van der Waals surface area (Å²) in [6, 6.07) is 8.46. The van der Waals surface area contributed by atoms with Crippen LogP contribution in [-0.2, 0) is 19.4 Å². The summed E-state index contributed by atoms with van der Waals surface area (Å²) in [5.74, 6) is -1.67. The number of sulfone groups is 1. The summed E-state index contributed by atoms with van der Waals surface area (Å²) in [5.41, 5.74) is 1.87. The predicted molar refractivity (Wildman–Crippen MR) is 102 cm³/mol. The molecular weight excluding hydrogens is 366 g/mol. The van der Waals surface area contributed by atoms with Gasteiger partial charge in [-0.25, -0.2) is 8.42 Å². The van der Waals surface area contributed by atoms with Crippen LogP contribution in [0.15, 0.2) is 47.6 Å². The van der Waals surface area contributed by atoms with Crippen LogP contribution in [0.25, 0.3) is 0 Å². The first-order valence-corrected chi connectivity index (χ1v) is 10.1. The van der Waals surface area contributed by atoms with E-state index in [2.05, 4.69) is 15.6 Å². The Balaban J connectivity index is 2.40. The molecule has 0 radical (unpaired) electrons. The number of carbonyl (C=O) groups is 2. The van der Waals surface area contributed by atoms with Crippen molar-refractivity contribution in [3.05, 3.63) is 59.4 Å². The molecule has 27 heavy (non-hydrogen) atoms. The second-order valence-corrected chi connectivity index (χ2v) is 8.26. The summed E-state index contributed by atoms with van der Waals surface area (Å²) >= 11 is 0. The molecular formula is C19H23N3O4S. The zero-order valence-electron chi connectivity index (χ0n) is 15.5. The van der Waals surface area contributed by atoms with Crippen LogP contribution < -0.4 is 10.6 Å². The lowest BCUT2D eigenvalue weighted by Crippen LogP contribution is -2.42. The predicted octanol–water partition coefficient (Wildman–Crippen LogP) is 1.47. The molecule has 7 nitrogen and oxygen atoms in total. The first kappa shape index (κ1) is 20.6. The second-order valence-electron chi connectivity index (χ2n) is 6.16. The molecule has 0 aliphatic carbocycles. The van der Waals surface area contributed by atoms with E-state index in [1.165, 1.54) is 6.20 Å². The monoisotopic (exact) mass is 389 g/mol. The van der Waals surface area contributed by atoms with Crippen molar-refractivity contribution in [1.29, 1.82) is 0 Å². The van der Waals surface area contributed by atoms with Gasteiger partial charge in [-0.1, -0.05) is 18.2 Å². The summed E-state index contributed by atoms with van der Waals surface area (Å²) in [7, 11) is -3.83. The Bertz CT molecular complexity index is 927. The molecule has 2 aromatic rings. The van der Waals surface area contributed by atoms with E-state index in [1.807, 2.05) is 13.0 Å². The van der Waals surface area contributed by atoms with Crippen LogP contribution >= 0.6 is 0 Å². The topological polar surface area (TPSA) is 105 Å². The first-order chi connectivity index (χ1) is 12.8. The van der Waals surface area contributed by atoms with E-state index in [1.54, 1.807) is 44.3 Å². The molecule has 2 rings (SSSR count). The SMILES string of the molecule is CCNC(=O)C(=O)NC[C@H](c1cccnc1)S(=O)(=O)c1cc(C)ccc1C. The second kappa shape index (κ2) is 8.77. The van der Waals surface area contributed by atoms with Crippen molar-refractivity contribution in [2.24, 2.45) is 0 Å². The van der Waals surface area contributed by atoms with Gasteiger partial charge in [-0.2, -0.15) is 0 Å². The summed E-state index contributed by atoms with van der Waals surface area (Å²) in [6.45, 7) is 5.29. The summed E-state index contributed by atoms with van der Waals surface area (Å²) in [5, 5.41) is 3.74. The minimum atomic E-state index is -3.83. The lowest BCUT2D eigenvalue weighted by Gasteiger charge is -2.20. The number of benzene rings is 1. The highest BCUT2D eigenvalue weighted by Crippen LogP contribution is 2.30. The van der Waals surface area contributed by atoms with Crippen molar-refractivity contribution in [2.75, 3.05) is 13.1 Å². The van der Waals surface area contributed by atoms with E-state index in [0.29, 0.717) is 17.7 Å². The molecule has 144 valence electrons. The van der Waals surface area contributed by atoms with Crippen molar-refractivity contribution < 1.29 is 18.0 Å². The van der Waals surface area contributed by atoms with Crippen molar-refractivity contribution >= 4 is 21.7 Å². The third-order valence-corrected chi connectivity index (χ3v) is 6.31. The number of carbonyl (C=O) groups excluding carboxylic acids is 2. The van der Waals surface area contributed by atoms with Crippen LogP contribution in [-0.4, -0.2) is 38.3 Å². The Morgan fingerprint density at radius 1 is 1.11 bits per heavy atom. The number of aryl methyl sites for hydroxylation is 2. The first-order valence-electron chi connectivity index (χ1n) is 8.54. The Labute approximate surface area is 159 Å². The molecule has 0 aliphatic heterocycles. The van der Waals surface area contributed by atoms with Gasteiger partial charge < -0.3 is 10.6 Å². The van der Waals surface area contributed by atoms with Crippen LogP contribution in [0.3, 0.4) is 0 Å². The van der Waals surface area contributed by atoms with Gasteiger partial charge in [0.05, 0.1) is 4.90 Å². The van der Waals surface area contributed by atoms with Gasteiger partial charge in [0.25, 0.3) is 0 Å². The smallest absolute Gasteiger partial charge is 0.309 e. The lowest BCUT2D eigenvalue weighted by molar-refractivity contribution is -0.139. The highest BCUT2D eigenvalue weighted by atomic mass is 32.2. The maximum Gasteiger partial charge on any atom is 0.309 e. The van der Waals surface area contributed by atoms with E-state index >= 15 is 0 Å². The van der Waals surface area contributed by atoms with Gasteiger partial charge in [0.1, 0.15) is 5.25 Å². The van der Waals surface area contributed by atoms with Gasteiger partial charge in [0, 0.05) is 25.5 Å². The molecule has 1 atom stereocenters. The zero-order chi connectivity index (χ0) is 20.0. The third-order valence-electron chi connectivity index (χ3n) is 4.07. The number of rotatable bonds is 6. The minimum Gasteiger partial charge on any atom is -0.348 e. The number of pyridine rings is 1.